The number of carbonyl (C=O) groups is 1. The van der Waals surface area contributed by atoms with E-state index in [0.29, 0.717) is 18.0 Å². The van der Waals surface area contributed by atoms with E-state index in [4.69, 9.17) is 9.47 Å². The Kier molecular flexibility index (Phi) is 6.24. The van der Waals surface area contributed by atoms with Crippen LogP contribution < -0.4 is 4.90 Å². The van der Waals surface area contributed by atoms with Crippen LogP contribution in [0.15, 0.2) is 42.6 Å². The third-order valence-corrected chi connectivity index (χ3v) is 3.86. The van der Waals surface area contributed by atoms with Crippen molar-refractivity contribution in [2.24, 2.45) is 0 Å². The fourth-order valence-electron chi connectivity index (χ4n) is 2.48. The first kappa shape index (κ1) is 18.0. The number of rotatable bonds is 6. The quantitative estimate of drug-likeness (QED) is 0.591. The van der Waals surface area contributed by atoms with Crippen LogP contribution in [0, 0.1) is 0 Å². The van der Waals surface area contributed by atoms with E-state index >= 15 is 0 Å². The number of nitrogens with one attached hydrogen (secondary N) is 1. The summed E-state index contributed by atoms with van der Waals surface area (Å²) in [5.74, 6) is 0.171. The minimum atomic E-state index is -0.344. The number of aromatic nitrogens is 4. The van der Waals surface area contributed by atoms with E-state index in [0.717, 1.165) is 32.0 Å². The van der Waals surface area contributed by atoms with Crippen LogP contribution in [0.25, 0.3) is 11.8 Å². The number of morpholine rings is 1. The standard InChI is InChI=1S/C18H21N5O3/c1-2-26-18(24)15-6-8-16(9-7-15)23-20-17(19-21-23)5-3-4-10-22-11-13-25-14-12-22/h3-10H,2,11-14H2,1H3/p+1/b5-3+,10-4+. The number of esters is 1. The van der Waals surface area contributed by atoms with E-state index in [1.54, 1.807) is 37.3 Å². The molecule has 3 rings (SSSR count). The number of ether oxygens (including phenoxy) is 2. The minimum Gasteiger partial charge on any atom is -0.462 e. The molecule has 1 aliphatic heterocycles. The summed E-state index contributed by atoms with van der Waals surface area (Å²) >= 11 is 0. The summed E-state index contributed by atoms with van der Waals surface area (Å²) in [6.45, 7) is 5.70. The number of nitrogens with zero attached hydrogens (tertiary/aromatic N) is 4. The number of allylic oxidation sites excluding steroid dienone is 2. The van der Waals surface area contributed by atoms with E-state index < -0.39 is 0 Å². The molecule has 1 aliphatic rings. The molecule has 26 heavy (non-hydrogen) atoms. The van der Waals surface area contributed by atoms with E-state index in [2.05, 4.69) is 21.6 Å². The highest BCUT2D eigenvalue weighted by atomic mass is 16.5. The zero-order valence-electron chi connectivity index (χ0n) is 14.7. The molecule has 1 aromatic heterocycles. The number of hydrogen-bond donors (Lipinski definition) is 1. The molecule has 136 valence electrons. The molecule has 8 nitrogen and oxygen atoms in total. The van der Waals surface area contributed by atoms with Gasteiger partial charge >= 0.3 is 5.97 Å². The first-order chi connectivity index (χ1) is 12.8. The zero-order chi connectivity index (χ0) is 18.2. The van der Waals surface area contributed by atoms with Crippen molar-refractivity contribution in [3.63, 3.8) is 0 Å². The molecular formula is C18H22N5O3+. The maximum Gasteiger partial charge on any atom is 0.338 e. The largest absolute Gasteiger partial charge is 0.462 e. The third-order valence-electron chi connectivity index (χ3n) is 3.86. The van der Waals surface area contributed by atoms with Crippen LogP contribution in [-0.2, 0) is 9.47 Å². The van der Waals surface area contributed by atoms with Crippen molar-refractivity contribution in [3.05, 3.63) is 54.0 Å². The van der Waals surface area contributed by atoms with Crippen LogP contribution in [0.2, 0.25) is 0 Å². The Labute approximate surface area is 151 Å². The van der Waals surface area contributed by atoms with Crippen molar-refractivity contribution in [2.75, 3.05) is 32.9 Å². The Hall–Kier alpha value is -2.84. The molecule has 0 aliphatic carbocycles. The number of benzene rings is 1. The molecule has 0 saturated carbocycles. The van der Waals surface area contributed by atoms with Gasteiger partial charge < -0.3 is 14.4 Å². The van der Waals surface area contributed by atoms with Crippen molar-refractivity contribution in [1.29, 1.82) is 0 Å². The molecule has 1 saturated heterocycles. The Balaban J connectivity index is 1.59. The SMILES string of the molecule is CCOC(=O)c1ccc(-n2nnc(/C=C/C=C/[NH+]3CCOCC3)n2)cc1. The van der Waals surface area contributed by atoms with Gasteiger partial charge in [-0.1, -0.05) is 6.08 Å². The highest BCUT2D eigenvalue weighted by Gasteiger charge is 2.10. The Morgan fingerprint density at radius 3 is 2.77 bits per heavy atom. The molecule has 2 heterocycles. The van der Waals surface area contributed by atoms with E-state index in [1.165, 1.54) is 9.70 Å². The van der Waals surface area contributed by atoms with Crippen molar-refractivity contribution in [2.45, 2.75) is 6.92 Å². The molecule has 1 fully saturated rings. The summed E-state index contributed by atoms with van der Waals surface area (Å²) in [5.41, 5.74) is 1.21. The van der Waals surface area contributed by atoms with Crippen LogP contribution >= 0.6 is 0 Å². The monoisotopic (exact) mass is 356 g/mol. The second-order valence-electron chi connectivity index (χ2n) is 5.69. The van der Waals surface area contributed by atoms with Gasteiger partial charge in [-0.2, -0.15) is 0 Å². The fourth-order valence-corrected chi connectivity index (χ4v) is 2.48. The molecule has 0 amide bonds. The second-order valence-corrected chi connectivity index (χ2v) is 5.69. The van der Waals surface area contributed by atoms with Crippen molar-refractivity contribution in [1.82, 2.24) is 20.2 Å². The van der Waals surface area contributed by atoms with Gasteiger partial charge in [0.25, 0.3) is 0 Å². The van der Waals surface area contributed by atoms with E-state index in [1.807, 2.05) is 12.2 Å². The van der Waals surface area contributed by atoms with E-state index in [-0.39, 0.29) is 5.97 Å². The van der Waals surface area contributed by atoms with Gasteiger partial charge in [0.05, 0.1) is 37.3 Å². The van der Waals surface area contributed by atoms with E-state index in [9.17, 15) is 4.79 Å². The summed E-state index contributed by atoms with van der Waals surface area (Å²) in [5, 5.41) is 12.3. The summed E-state index contributed by atoms with van der Waals surface area (Å²) < 4.78 is 10.3. The maximum absolute atomic E-state index is 11.7. The lowest BCUT2D eigenvalue weighted by Crippen LogP contribution is -3.09. The number of quaternary nitrogens is 1. The molecule has 8 heteroatoms. The van der Waals surface area contributed by atoms with Gasteiger partial charge in [0.2, 0.25) is 0 Å². The molecule has 1 aromatic carbocycles. The maximum atomic E-state index is 11.7. The predicted molar refractivity (Wildman–Crippen MR) is 94.8 cm³/mol. The average Bonchev–Trinajstić information content (AvgIpc) is 3.15. The Bertz CT molecular complexity index is 776. The highest BCUT2D eigenvalue weighted by molar-refractivity contribution is 5.89. The summed E-state index contributed by atoms with van der Waals surface area (Å²) in [6.07, 6.45) is 7.79. The highest BCUT2D eigenvalue weighted by Crippen LogP contribution is 2.09. The van der Waals surface area contributed by atoms with Crippen LogP contribution in [0.5, 0.6) is 0 Å². The third kappa shape index (κ3) is 4.84. The topological polar surface area (TPSA) is 83.6 Å². The van der Waals surface area contributed by atoms with Crippen LogP contribution in [-0.4, -0.2) is 59.1 Å². The van der Waals surface area contributed by atoms with Gasteiger partial charge in [-0.25, -0.2) is 4.79 Å². The van der Waals surface area contributed by atoms with Crippen molar-refractivity contribution < 1.29 is 19.2 Å². The van der Waals surface area contributed by atoms with Crippen molar-refractivity contribution >= 4 is 12.0 Å². The first-order valence-corrected chi connectivity index (χ1v) is 8.61. The fraction of sp³-hybridized carbons (Fsp3) is 0.333. The predicted octanol–water partition coefficient (Wildman–Crippen LogP) is 0.281. The second kappa shape index (κ2) is 9.02. The van der Waals surface area contributed by atoms with Crippen LogP contribution in [0.1, 0.15) is 23.1 Å². The average molecular weight is 356 g/mol. The van der Waals surface area contributed by atoms with Gasteiger partial charge in [-0.05, 0) is 48.6 Å². The number of tetrazole rings is 1. The summed E-state index contributed by atoms with van der Waals surface area (Å²) in [7, 11) is 0. The zero-order valence-corrected chi connectivity index (χ0v) is 14.7. The normalized spacial score (nSPS) is 15.7. The molecule has 0 bridgehead atoms. The van der Waals surface area contributed by atoms with Crippen LogP contribution in [0.3, 0.4) is 0 Å². The van der Waals surface area contributed by atoms with Crippen molar-refractivity contribution in [3.8, 4) is 5.69 Å². The number of hydrogen-bond acceptors (Lipinski definition) is 6. The lowest BCUT2D eigenvalue weighted by Gasteiger charge is -2.19. The molecule has 0 radical (unpaired) electrons. The Morgan fingerprint density at radius 1 is 1.27 bits per heavy atom. The van der Waals surface area contributed by atoms with Crippen LogP contribution in [0.4, 0.5) is 0 Å². The van der Waals surface area contributed by atoms with Gasteiger partial charge in [0.1, 0.15) is 13.1 Å². The summed E-state index contributed by atoms with van der Waals surface area (Å²) in [6, 6.07) is 6.87. The first-order valence-electron chi connectivity index (χ1n) is 8.61. The molecule has 0 spiro atoms. The molecule has 2 aromatic rings. The minimum absolute atomic E-state index is 0.344. The van der Waals surface area contributed by atoms with Gasteiger partial charge in [-0.3, -0.25) is 0 Å². The van der Waals surface area contributed by atoms with Gasteiger partial charge in [0.15, 0.2) is 5.82 Å². The molecule has 1 N–H and O–H groups in total. The molecule has 0 atom stereocenters. The summed E-state index contributed by atoms with van der Waals surface area (Å²) in [4.78, 5) is 14.5. The smallest absolute Gasteiger partial charge is 0.338 e. The Morgan fingerprint density at radius 2 is 2.04 bits per heavy atom. The number of carbonyl (C=O) groups excluding carboxylic acids is 1. The molecule has 0 unspecified atom stereocenters. The lowest BCUT2D eigenvalue weighted by molar-refractivity contribution is -0.856. The van der Waals surface area contributed by atoms with Gasteiger partial charge in [0, 0.05) is 0 Å². The molecular weight excluding hydrogens is 334 g/mol. The van der Waals surface area contributed by atoms with Gasteiger partial charge in [-0.15, -0.1) is 15.0 Å². The lowest BCUT2D eigenvalue weighted by atomic mass is 10.2.